The number of rotatable bonds is 7. The molecule has 1 heterocycles. The lowest BCUT2D eigenvalue weighted by Crippen LogP contribution is -2.47. The first kappa shape index (κ1) is 19.2. The van der Waals surface area contributed by atoms with Gasteiger partial charge >= 0.3 is 0 Å². The van der Waals surface area contributed by atoms with Gasteiger partial charge < -0.3 is 20.9 Å². The number of nitrogens with zero attached hydrogens (tertiary/aromatic N) is 1. The number of carbonyl (C=O) groups is 2. The molecule has 2 atom stereocenters. The highest BCUT2D eigenvalue weighted by Crippen LogP contribution is 2.25. The number of nitrogens with two attached hydrogens (primary N) is 1. The highest BCUT2D eigenvalue weighted by atomic mass is 16.2. The van der Waals surface area contributed by atoms with Gasteiger partial charge in [-0.2, -0.15) is 0 Å². The molecule has 3 rings (SSSR count). The molecular weight excluding hydrogens is 340 g/mol. The van der Waals surface area contributed by atoms with Gasteiger partial charge in [-0.25, -0.2) is 0 Å². The summed E-state index contributed by atoms with van der Waals surface area (Å²) in [6.45, 7) is 3.17. The number of aromatic amines is 1. The van der Waals surface area contributed by atoms with E-state index in [9.17, 15) is 9.59 Å². The number of amides is 1. The minimum atomic E-state index is 0.0507. The van der Waals surface area contributed by atoms with Gasteiger partial charge in [-0.15, -0.1) is 0 Å². The van der Waals surface area contributed by atoms with Gasteiger partial charge in [-0.05, 0) is 44.7 Å². The van der Waals surface area contributed by atoms with E-state index in [0.29, 0.717) is 24.4 Å². The van der Waals surface area contributed by atoms with Gasteiger partial charge in [-0.3, -0.25) is 9.59 Å². The molecule has 0 bridgehead atoms. The zero-order valence-electron chi connectivity index (χ0n) is 15.8. The van der Waals surface area contributed by atoms with Gasteiger partial charge in [0.2, 0.25) is 0 Å². The van der Waals surface area contributed by atoms with E-state index in [1.807, 2.05) is 42.2 Å². The molecule has 0 aliphatic heterocycles. The first-order valence-electron chi connectivity index (χ1n) is 9.64. The van der Waals surface area contributed by atoms with Crippen LogP contribution in [0.1, 0.15) is 43.1 Å². The van der Waals surface area contributed by atoms with Crippen LogP contribution in [0, 0.1) is 0 Å². The van der Waals surface area contributed by atoms with Crippen molar-refractivity contribution < 1.29 is 9.59 Å². The first-order valence-corrected chi connectivity index (χ1v) is 9.64. The van der Waals surface area contributed by atoms with E-state index in [-0.39, 0.29) is 18.0 Å². The third-order valence-electron chi connectivity index (χ3n) is 5.41. The second-order valence-corrected chi connectivity index (χ2v) is 7.12. The molecule has 6 nitrogen and oxygen atoms in total. The van der Waals surface area contributed by atoms with Crippen molar-refractivity contribution in [3.05, 3.63) is 47.8 Å². The predicted molar refractivity (Wildman–Crippen MR) is 107 cm³/mol. The van der Waals surface area contributed by atoms with Gasteiger partial charge in [0.15, 0.2) is 0 Å². The fraction of sp³-hybridized carbons (Fsp3) is 0.429. The van der Waals surface area contributed by atoms with E-state index in [1.54, 1.807) is 0 Å². The molecule has 1 aliphatic rings. The van der Waals surface area contributed by atoms with Crippen LogP contribution in [0.4, 0.5) is 0 Å². The zero-order chi connectivity index (χ0) is 19.2. The lowest BCUT2D eigenvalue weighted by atomic mass is 9.89. The fourth-order valence-electron chi connectivity index (χ4n) is 3.95. The molecule has 1 amide bonds. The maximum Gasteiger partial charge on any atom is 0.270 e. The summed E-state index contributed by atoms with van der Waals surface area (Å²) in [5.74, 6) is 0.0507. The molecule has 27 heavy (non-hydrogen) atoms. The summed E-state index contributed by atoms with van der Waals surface area (Å²) < 4.78 is 0. The van der Waals surface area contributed by atoms with Gasteiger partial charge in [-0.1, -0.05) is 18.2 Å². The van der Waals surface area contributed by atoms with E-state index >= 15 is 0 Å². The average Bonchev–Trinajstić information content (AvgIpc) is 3.14. The van der Waals surface area contributed by atoms with Crippen LogP contribution in [-0.4, -0.2) is 47.3 Å². The second kappa shape index (κ2) is 8.86. The van der Waals surface area contributed by atoms with Crippen LogP contribution >= 0.6 is 0 Å². The minimum Gasteiger partial charge on any atom is -0.404 e. The van der Waals surface area contributed by atoms with Crippen LogP contribution in [0.2, 0.25) is 0 Å². The lowest BCUT2D eigenvalue weighted by molar-refractivity contribution is -0.105. The van der Waals surface area contributed by atoms with Gasteiger partial charge in [0, 0.05) is 47.8 Å². The maximum atomic E-state index is 13.1. The van der Waals surface area contributed by atoms with Crippen LogP contribution in [0.25, 0.3) is 10.9 Å². The molecular formula is C21H28N4O2. The Kier molecular flexibility index (Phi) is 6.29. The number of hydrogen-bond donors (Lipinski definition) is 3. The summed E-state index contributed by atoms with van der Waals surface area (Å²) in [6.07, 6.45) is 6.12. The number of nitrogens with one attached hydrogen (secondary N) is 2. The molecule has 4 N–H and O–H groups in total. The Labute approximate surface area is 159 Å². The Morgan fingerprint density at radius 1 is 1.37 bits per heavy atom. The highest BCUT2D eigenvalue weighted by Gasteiger charge is 2.29. The molecule has 0 spiro atoms. The number of para-hydroxylation sites is 1. The van der Waals surface area contributed by atoms with Crippen molar-refractivity contribution in [2.45, 2.75) is 44.7 Å². The summed E-state index contributed by atoms with van der Waals surface area (Å²) in [5, 5.41) is 4.46. The van der Waals surface area contributed by atoms with E-state index in [0.717, 1.165) is 42.9 Å². The Bertz CT molecular complexity index is 793. The maximum absolute atomic E-state index is 13.1. The van der Waals surface area contributed by atoms with Gasteiger partial charge in [0.05, 0.1) is 0 Å². The summed E-state index contributed by atoms with van der Waals surface area (Å²) in [7, 11) is 0. The van der Waals surface area contributed by atoms with E-state index < -0.39 is 0 Å². The number of H-pyrrole nitrogens is 1. The quantitative estimate of drug-likeness (QED) is 0.517. The van der Waals surface area contributed by atoms with E-state index in [4.69, 9.17) is 5.73 Å². The number of hydrogen-bond acceptors (Lipinski definition) is 4. The third kappa shape index (κ3) is 4.39. The van der Waals surface area contributed by atoms with E-state index in [2.05, 4.69) is 10.3 Å². The predicted octanol–water partition coefficient (Wildman–Crippen LogP) is 2.57. The summed E-state index contributed by atoms with van der Waals surface area (Å²) >= 11 is 0. The number of benzene rings is 1. The van der Waals surface area contributed by atoms with Crippen molar-refractivity contribution in [1.82, 2.24) is 15.2 Å². The second-order valence-electron chi connectivity index (χ2n) is 7.12. The van der Waals surface area contributed by atoms with Gasteiger partial charge in [0.25, 0.3) is 5.91 Å². The van der Waals surface area contributed by atoms with Gasteiger partial charge in [0.1, 0.15) is 12.0 Å². The molecule has 1 aromatic carbocycles. The Balaban J connectivity index is 1.68. The molecule has 2 aromatic rings. The molecule has 0 unspecified atom stereocenters. The molecule has 1 aromatic heterocycles. The number of aromatic nitrogens is 1. The highest BCUT2D eigenvalue weighted by molar-refractivity contribution is 5.98. The molecule has 0 radical (unpaired) electrons. The van der Waals surface area contributed by atoms with Crippen molar-refractivity contribution in [3.8, 4) is 0 Å². The van der Waals surface area contributed by atoms with Crippen molar-refractivity contribution in [3.63, 3.8) is 0 Å². The van der Waals surface area contributed by atoms with Crippen molar-refractivity contribution in [2.75, 3.05) is 13.1 Å². The van der Waals surface area contributed by atoms with Crippen molar-refractivity contribution in [2.24, 2.45) is 5.73 Å². The normalized spacial score (nSPS) is 20.6. The fourth-order valence-corrected chi connectivity index (χ4v) is 3.95. The summed E-state index contributed by atoms with van der Waals surface area (Å²) in [5.41, 5.74) is 7.62. The van der Waals surface area contributed by atoms with Crippen LogP contribution in [0.3, 0.4) is 0 Å². The lowest BCUT2D eigenvalue weighted by Gasteiger charge is -2.37. The average molecular weight is 368 g/mol. The number of carbonyl (C=O) groups excluding carboxylic acids is 2. The molecule has 144 valence electrons. The van der Waals surface area contributed by atoms with Crippen LogP contribution in [0.15, 0.2) is 42.1 Å². The van der Waals surface area contributed by atoms with Crippen LogP contribution in [0.5, 0.6) is 0 Å². The molecule has 1 fully saturated rings. The SMILES string of the molecule is CCN(C(=O)c1cc2ccccc2[nH]1)[C@H]1CCC[C@@H](NCC(C=O)=CN)C1. The number of fused-ring (bicyclic) bond motifs is 1. The molecule has 1 aliphatic carbocycles. The third-order valence-corrected chi connectivity index (χ3v) is 5.41. The van der Waals surface area contributed by atoms with Crippen LogP contribution < -0.4 is 11.1 Å². The first-order chi connectivity index (χ1) is 13.2. The Morgan fingerprint density at radius 3 is 2.89 bits per heavy atom. The molecule has 6 heteroatoms. The topological polar surface area (TPSA) is 91.2 Å². The van der Waals surface area contributed by atoms with Crippen molar-refractivity contribution in [1.29, 1.82) is 0 Å². The summed E-state index contributed by atoms with van der Waals surface area (Å²) in [6, 6.07) is 10.3. The largest absolute Gasteiger partial charge is 0.404 e. The Morgan fingerprint density at radius 2 is 2.19 bits per heavy atom. The summed E-state index contributed by atoms with van der Waals surface area (Å²) in [4.78, 5) is 29.2. The van der Waals surface area contributed by atoms with E-state index in [1.165, 1.54) is 6.20 Å². The smallest absolute Gasteiger partial charge is 0.270 e. The van der Waals surface area contributed by atoms with Crippen molar-refractivity contribution >= 4 is 23.1 Å². The molecule has 0 saturated heterocycles. The zero-order valence-corrected chi connectivity index (χ0v) is 15.8. The molecule has 1 saturated carbocycles. The Hall–Kier alpha value is -2.60. The number of aldehydes is 1. The monoisotopic (exact) mass is 368 g/mol. The minimum absolute atomic E-state index is 0.0507. The standard InChI is InChI=1S/C21H28N4O2/c1-2-25(21(27)20-10-16-6-3-4-9-19(16)24-20)18-8-5-7-17(11-18)23-13-15(12-22)14-26/h3-4,6,9-10,12,14,17-18,23-24H,2,5,7-8,11,13,22H2,1H3/t17-,18+/m1/s1. The van der Waals surface area contributed by atoms with Crippen LogP contribution in [-0.2, 0) is 4.79 Å².